The summed E-state index contributed by atoms with van der Waals surface area (Å²) >= 11 is 0. The minimum Gasteiger partial charge on any atom is -0.309 e. The standard InChI is InChI=1S/C18H19N3/c1-12-20-11-16-5-3-14(7-18(16)21-12)10-19-9-13-2-4-15-8-17(15)6-13/h2-7,11,15,17,19H,8-10H2,1H3. The summed E-state index contributed by atoms with van der Waals surface area (Å²) in [4.78, 5) is 8.72. The van der Waals surface area contributed by atoms with Crippen molar-refractivity contribution < 1.29 is 0 Å². The van der Waals surface area contributed by atoms with E-state index in [-0.39, 0.29) is 0 Å². The third-order valence-corrected chi connectivity index (χ3v) is 4.30. The van der Waals surface area contributed by atoms with Crippen molar-refractivity contribution in [3.8, 4) is 0 Å². The lowest BCUT2D eigenvalue weighted by Crippen LogP contribution is -2.16. The number of aryl methyl sites for hydroxylation is 1. The average molecular weight is 277 g/mol. The molecule has 1 fully saturated rings. The number of fused-ring (bicyclic) bond motifs is 2. The first-order valence-electron chi connectivity index (χ1n) is 7.60. The molecule has 2 aromatic rings. The third-order valence-electron chi connectivity index (χ3n) is 4.30. The van der Waals surface area contributed by atoms with E-state index in [1.165, 1.54) is 17.6 Å². The van der Waals surface area contributed by atoms with Gasteiger partial charge in [0.25, 0.3) is 0 Å². The second kappa shape index (κ2) is 5.08. The summed E-state index contributed by atoms with van der Waals surface area (Å²) in [6, 6.07) is 6.40. The van der Waals surface area contributed by atoms with Crippen molar-refractivity contribution in [1.29, 1.82) is 0 Å². The van der Waals surface area contributed by atoms with Crippen LogP contribution in [0.1, 0.15) is 17.8 Å². The fourth-order valence-corrected chi connectivity index (χ4v) is 2.97. The van der Waals surface area contributed by atoms with Gasteiger partial charge in [0, 0.05) is 24.7 Å². The summed E-state index contributed by atoms with van der Waals surface area (Å²) in [5.41, 5.74) is 3.72. The molecule has 0 aliphatic heterocycles. The van der Waals surface area contributed by atoms with Gasteiger partial charge < -0.3 is 5.32 Å². The Hall–Kier alpha value is -2.00. The zero-order valence-corrected chi connectivity index (χ0v) is 12.2. The molecule has 3 nitrogen and oxygen atoms in total. The Morgan fingerprint density at radius 1 is 1.24 bits per heavy atom. The molecule has 0 spiro atoms. The molecule has 4 rings (SSSR count). The first-order chi connectivity index (χ1) is 10.3. The summed E-state index contributed by atoms with van der Waals surface area (Å²) in [5, 5.41) is 4.63. The zero-order valence-electron chi connectivity index (χ0n) is 12.2. The molecular weight excluding hydrogens is 258 g/mol. The van der Waals surface area contributed by atoms with Crippen LogP contribution >= 0.6 is 0 Å². The first kappa shape index (κ1) is 12.7. The van der Waals surface area contributed by atoms with Crippen molar-refractivity contribution in [2.24, 2.45) is 11.8 Å². The molecular formula is C18H19N3. The van der Waals surface area contributed by atoms with Crippen LogP contribution < -0.4 is 5.32 Å². The van der Waals surface area contributed by atoms with Crippen LogP contribution in [0.3, 0.4) is 0 Å². The summed E-state index contributed by atoms with van der Waals surface area (Å²) in [6.07, 6.45) is 10.3. The molecule has 1 saturated carbocycles. The third kappa shape index (κ3) is 2.74. The monoisotopic (exact) mass is 277 g/mol. The molecule has 1 heterocycles. The van der Waals surface area contributed by atoms with Gasteiger partial charge in [0.15, 0.2) is 0 Å². The number of aromatic nitrogens is 2. The number of allylic oxidation sites excluding steroid dienone is 2. The molecule has 0 bridgehead atoms. The van der Waals surface area contributed by atoms with Gasteiger partial charge in [-0.3, -0.25) is 0 Å². The molecule has 106 valence electrons. The minimum atomic E-state index is 0.823. The van der Waals surface area contributed by atoms with E-state index in [4.69, 9.17) is 0 Å². The van der Waals surface area contributed by atoms with Crippen LogP contribution in [-0.4, -0.2) is 16.5 Å². The maximum atomic E-state index is 4.49. The highest BCUT2D eigenvalue weighted by Crippen LogP contribution is 2.44. The van der Waals surface area contributed by atoms with E-state index < -0.39 is 0 Å². The quantitative estimate of drug-likeness (QED) is 0.933. The van der Waals surface area contributed by atoms with Gasteiger partial charge in [0.1, 0.15) is 5.82 Å². The Bertz CT molecular complexity index is 745. The molecule has 0 saturated heterocycles. The maximum Gasteiger partial charge on any atom is 0.125 e. The lowest BCUT2D eigenvalue weighted by atomic mass is 10.1. The highest BCUT2D eigenvalue weighted by Gasteiger charge is 2.34. The second-order valence-electron chi connectivity index (χ2n) is 6.08. The number of nitrogens with zero attached hydrogens (tertiary/aromatic N) is 2. The highest BCUT2D eigenvalue weighted by atomic mass is 14.9. The molecule has 0 radical (unpaired) electrons. The summed E-state index contributed by atoms with van der Waals surface area (Å²) < 4.78 is 0. The Kier molecular flexibility index (Phi) is 3.08. The lowest BCUT2D eigenvalue weighted by molar-refractivity contribution is 0.740. The van der Waals surface area contributed by atoms with E-state index in [0.717, 1.165) is 41.7 Å². The van der Waals surface area contributed by atoms with Gasteiger partial charge in [-0.2, -0.15) is 0 Å². The molecule has 2 aliphatic carbocycles. The van der Waals surface area contributed by atoms with Gasteiger partial charge in [-0.1, -0.05) is 30.4 Å². The molecule has 2 unspecified atom stereocenters. The average Bonchev–Trinajstić information content (AvgIpc) is 3.25. The fraction of sp³-hybridized carbons (Fsp3) is 0.333. The minimum absolute atomic E-state index is 0.823. The smallest absolute Gasteiger partial charge is 0.125 e. The number of hydrogen-bond donors (Lipinski definition) is 1. The first-order valence-corrected chi connectivity index (χ1v) is 7.60. The van der Waals surface area contributed by atoms with Gasteiger partial charge in [-0.25, -0.2) is 9.97 Å². The van der Waals surface area contributed by atoms with Gasteiger partial charge in [-0.05, 0) is 42.4 Å². The predicted octanol–water partition coefficient (Wildman–Crippen LogP) is 3.16. The molecule has 1 N–H and O–H groups in total. The Balaban J connectivity index is 1.41. The Morgan fingerprint density at radius 2 is 2.19 bits per heavy atom. The summed E-state index contributed by atoms with van der Waals surface area (Å²) in [6.45, 7) is 3.75. The predicted molar refractivity (Wildman–Crippen MR) is 84.8 cm³/mol. The topological polar surface area (TPSA) is 37.8 Å². The van der Waals surface area contributed by atoms with Crippen LogP contribution in [0.15, 0.2) is 48.2 Å². The van der Waals surface area contributed by atoms with E-state index >= 15 is 0 Å². The second-order valence-corrected chi connectivity index (χ2v) is 6.08. The van der Waals surface area contributed by atoms with E-state index in [1.54, 1.807) is 0 Å². The van der Waals surface area contributed by atoms with Crippen molar-refractivity contribution in [2.75, 3.05) is 6.54 Å². The van der Waals surface area contributed by atoms with E-state index in [1.807, 2.05) is 13.1 Å². The normalized spacial score (nSPS) is 23.0. The van der Waals surface area contributed by atoms with Crippen LogP contribution in [0.25, 0.3) is 10.9 Å². The van der Waals surface area contributed by atoms with Crippen LogP contribution in [0.4, 0.5) is 0 Å². The lowest BCUT2D eigenvalue weighted by Gasteiger charge is -2.09. The van der Waals surface area contributed by atoms with Gasteiger partial charge in [0.05, 0.1) is 5.52 Å². The van der Waals surface area contributed by atoms with Gasteiger partial charge >= 0.3 is 0 Å². The van der Waals surface area contributed by atoms with Gasteiger partial charge in [-0.15, -0.1) is 0 Å². The van der Waals surface area contributed by atoms with Crippen molar-refractivity contribution in [1.82, 2.24) is 15.3 Å². The van der Waals surface area contributed by atoms with Crippen LogP contribution in [0.5, 0.6) is 0 Å². The SMILES string of the molecule is Cc1ncc2ccc(CNCC3=CC4CC4C=C3)cc2n1. The van der Waals surface area contributed by atoms with E-state index in [0.29, 0.717) is 0 Å². The van der Waals surface area contributed by atoms with Crippen molar-refractivity contribution >= 4 is 10.9 Å². The van der Waals surface area contributed by atoms with Crippen molar-refractivity contribution in [3.05, 3.63) is 59.6 Å². The maximum absolute atomic E-state index is 4.49. The summed E-state index contributed by atoms with van der Waals surface area (Å²) in [7, 11) is 0. The Labute approximate surface area is 124 Å². The molecule has 1 aromatic carbocycles. The molecule has 2 atom stereocenters. The number of benzene rings is 1. The zero-order chi connectivity index (χ0) is 14.2. The van der Waals surface area contributed by atoms with Crippen LogP contribution in [0.2, 0.25) is 0 Å². The number of hydrogen-bond acceptors (Lipinski definition) is 3. The molecule has 0 amide bonds. The number of nitrogens with one attached hydrogen (secondary N) is 1. The van der Waals surface area contributed by atoms with Crippen LogP contribution in [0, 0.1) is 18.8 Å². The van der Waals surface area contributed by atoms with E-state index in [2.05, 4.69) is 51.7 Å². The van der Waals surface area contributed by atoms with E-state index in [9.17, 15) is 0 Å². The highest BCUT2D eigenvalue weighted by molar-refractivity contribution is 5.78. The van der Waals surface area contributed by atoms with Crippen molar-refractivity contribution in [3.63, 3.8) is 0 Å². The van der Waals surface area contributed by atoms with Crippen LogP contribution in [-0.2, 0) is 6.54 Å². The summed E-state index contributed by atoms with van der Waals surface area (Å²) in [5.74, 6) is 2.49. The number of rotatable bonds is 4. The molecule has 3 heteroatoms. The largest absolute Gasteiger partial charge is 0.309 e. The fourth-order valence-electron chi connectivity index (χ4n) is 2.97. The van der Waals surface area contributed by atoms with Gasteiger partial charge in [0.2, 0.25) is 0 Å². The van der Waals surface area contributed by atoms with Crippen molar-refractivity contribution in [2.45, 2.75) is 19.9 Å². The molecule has 21 heavy (non-hydrogen) atoms. The Morgan fingerprint density at radius 3 is 3.10 bits per heavy atom. The molecule has 2 aliphatic rings. The molecule has 1 aromatic heterocycles.